The van der Waals surface area contributed by atoms with E-state index >= 15 is 0 Å². The van der Waals surface area contributed by atoms with Crippen LogP contribution in [0.1, 0.15) is 23.6 Å². The summed E-state index contributed by atoms with van der Waals surface area (Å²) >= 11 is 6.20. The Balaban J connectivity index is 1.75. The zero-order valence-corrected chi connectivity index (χ0v) is 15.0. The van der Waals surface area contributed by atoms with Crippen molar-refractivity contribution in [3.8, 4) is 23.0 Å². The number of halogens is 1. The normalized spacial score (nSPS) is 13.1. The summed E-state index contributed by atoms with van der Waals surface area (Å²) in [6.45, 7) is 0. The van der Waals surface area contributed by atoms with Crippen LogP contribution in [0.3, 0.4) is 0 Å². The highest BCUT2D eigenvalue weighted by Gasteiger charge is 2.08. The van der Waals surface area contributed by atoms with Gasteiger partial charge in [-0.2, -0.15) is 0 Å². The van der Waals surface area contributed by atoms with Gasteiger partial charge in [-0.15, -0.1) is 0 Å². The van der Waals surface area contributed by atoms with E-state index in [9.17, 15) is 10.2 Å². The Morgan fingerprint density at radius 3 is 1.59 bits per heavy atom. The first-order valence-corrected chi connectivity index (χ1v) is 8.52. The van der Waals surface area contributed by atoms with E-state index in [-0.39, 0.29) is 0 Å². The molecule has 2 unspecified atom stereocenters. The van der Waals surface area contributed by atoms with E-state index in [2.05, 4.69) is 0 Å². The maximum Gasteiger partial charge on any atom is 0.149 e. The van der Waals surface area contributed by atoms with Crippen molar-refractivity contribution in [2.24, 2.45) is 11.5 Å². The van der Waals surface area contributed by atoms with Gasteiger partial charge in [0, 0.05) is 6.07 Å². The van der Waals surface area contributed by atoms with Crippen LogP contribution in [0.5, 0.6) is 23.0 Å². The molecule has 0 saturated heterocycles. The topological polar surface area (TPSA) is 111 Å². The third-order valence-corrected chi connectivity index (χ3v) is 4.12. The summed E-state index contributed by atoms with van der Waals surface area (Å²) in [6.07, 6.45) is -2.06. The lowest BCUT2D eigenvalue weighted by Gasteiger charge is -2.12. The average Bonchev–Trinajstić information content (AvgIpc) is 2.65. The van der Waals surface area contributed by atoms with Gasteiger partial charge in [-0.1, -0.05) is 35.9 Å². The molecule has 0 bridgehead atoms. The van der Waals surface area contributed by atoms with Gasteiger partial charge in [0.2, 0.25) is 0 Å². The maximum absolute atomic E-state index is 9.35. The van der Waals surface area contributed by atoms with E-state index in [0.717, 1.165) is 0 Å². The molecule has 0 fully saturated rings. The van der Waals surface area contributed by atoms with Gasteiger partial charge in [-0.05, 0) is 47.5 Å². The van der Waals surface area contributed by atoms with Crippen LogP contribution in [0, 0.1) is 0 Å². The zero-order chi connectivity index (χ0) is 19.4. The van der Waals surface area contributed by atoms with E-state index in [0.29, 0.717) is 39.1 Å². The van der Waals surface area contributed by atoms with Gasteiger partial charge in [0.25, 0.3) is 0 Å². The number of aliphatic hydroxyl groups is 2. The van der Waals surface area contributed by atoms with Gasteiger partial charge in [-0.3, -0.25) is 0 Å². The number of hydrogen-bond donors (Lipinski definition) is 4. The van der Waals surface area contributed by atoms with Crippen LogP contribution in [0.4, 0.5) is 0 Å². The molecule has 0 aliphatic carbocycles. The Kier molecular flexibility index (Phi) is 5.95. The highest BCUT2D eigenvalue weighted by atomic mass is 35.5. The second-order valence-electron chi connectivity index (χ2n) is 5.82. The van der Waals surface area contributed by atoms with E-state index in [1.165, 1.54) is 0 Å². The van der Waals surface area contributed by atoms with Crippen molar-refractivity contribution in [1.29, 1.82) is 0 Å². The van der Waals surface area contributed by atoms with Crippen LogP contribution < -0.4 is 20.9 Å². The molecule has 3 aromatic carbocycles. The summed E-state index contributed by atoms with van der Waals surface area (Å²) in [5.74, 6) is 2.07. The average molecular weight is 387 g/mol. The molecule has 0 amide bonds. The van der Waals surface area contributed by atoms with Crippen molar-refractivity contribution in [3.05, 3.63) is 82.9 Å². The van der Waals surface area contributed by atoms with Crippen molar-refractivity contribution in [2.45, 2.75) is 12.5 Å². The van der Waals surface area contributed by atoms with Crippen LogP contribution >= 0.6 is 11.6 Å². The molecule has 140 valence electrons. The second-order valence-corrected chi connectivity index (χ2v) is 6.23. The highest BCUT2D eigenvalue weighted by Crippen LogP contribution is 2.34. The Labute approximate surface area is 161 Å². The van der Waals surface area contributed by atoms with Crippen LogP contribution in [-0.4, -0.2) is 10.2 Å². The first-order chi connectivity index (χ1) is 12.9. The number of nitrogens with two attached hydrogens (primary N) is 2. The highest BCUT2D eigenvalue weighted by molar-refractivity contribution is 6.32. The van der Waals surface area contributed by atoms with Gasteiger partial charge < -0.3 is 31.2 Å². The standard InChI is InChI=1S/C20H19ClN2O4/c21-17-10-9-16(26-14-5-1-12(2-6-14)19(22)24)11-18(17)27-15-7-3-13(4-8-15)20(23)25/h1-11,19-20,24-25H,22-23H2. The molecule has 27 heavy (non-hydrogen) atoms. The van der Waals surface area contributed by atoms with E-state index < -0.39 is 12.5 Å². The third-order valence-electron chi connectivity index (χ3n) is 3.81. The fraction of sp³-hybridized carbons (Fsp3) is 0.100. The maximum atomic E-state index is 9.35. The van der Waals surface area contributed by atoms with Crippen LogP contribution in [0.25, 0.3) is 0 Å². The Bertz CT molecular complexity index is 897. The first-order valence-electron chi connectivity index (χ1n) is 8.15. The molecule has 3 rings (SSSR count). The Morgan fingerprint density at radius 1 is 0.667 bits per heavy atom. The minimum Gasteiger partial charge on any atom is -0.457 e. The molecule has 0 saturated carbocycles. The lowest BCUT2D eigenvalue weighted by molar-refractivity contribution is 0.186. The van der Waals surface area contributed by atoms with Crippen LogP contribution in [0.15, 0.2) is 66.7 Å². The quantitative estimate of drug-likeness (QED) is 0.479. The van der Waals surface area contributed by atoms with Gasteiger partial charge in [-0.25, -0.2) is 0 Å². The summed E-state index contributed by atoms with van der Waals surface area (Å²) in [5, 5.41) is 19.1. The van der Waals surface area contributed by atoms with Gasteiger partial charge in [0.05, 0.1) is 5.02 Å². The summed E-state index contributed by atoms with van der Waals surface area (Å²) in [6, 6.07) is 18.5. The van der Waals surface area contributed by atoms with Crippen LogP contribution in [0.2, 0.25) is 5.02 Å². The Morgan fingerprint density at radius 2 is 1.11 bits per heavy atom. The van der Waals surface area contributed by atoms with E-state index in [1.54, 1.807) is 66.7 Å². The smallest absolute Gasteiger partial charge is 0.149 e. The molecule has 6 N–H and O–H groups in total. The van der Waals surface area contributed by atoms with Crippen molar-refractivity contribution >= 4 is 11.6 Å². The number of rotatable bonds is 6. The van der Waals surface area contributed by atoms with Gasteiger partial charge in [0.1, 0.15) is 35.5 Å². The molecule has 0 aliphatic heterocycles. The predicted octanol–water partition coefficient (Wildman–Crippen LogP) is 3.82. The molecule has 6 nitrogen and oxygen atoms in total. The molecule has 0 aliphatic rings. The zero-order valence-electron chi connectivity index (χ0n) is 14.2. The fourth-order valence-corrected chi connectivity index (χ4v) is 2.51. The van der Waals surface area contributed by atoms with Crippen molar-refractivity contribution in [3.63, 3.8) is 0 Å². The number of ether oxygens (including phenoxy) is 2. The molecule has 7 heteroatoms. The molecule has 0 spiro atoms. The van der Waals surface area contributed by atoms with Crippen molar-refractivity contribution in [2.75, 3.05) is 0 Å². The Hall–Kier alpha value is -2.61. The lowest BCUT2D eigenvalue weighted by Crippen LogP contribution is -2.07. The summed E-state index contributed by atoms with van der Waals surface area (Å²) in [7, 11) is 0. The summed E-state index contributed by atoms with van der Waals surface area (Å²) in [5.41, 5.74) is 12.0. The number of hydrogen-bond acceptors (Lipinski definition) is 6. The summed E-state index contributed by atoms with van der Waals surface area (Å²) < 4.78 is 11.6. The molecule has 0 radical (unpaired) electrons. The SMILES string of the molecule is NC(O)c1ccc(Oc2ccc(Cl)c(Oc3ccc(C(N)O)cc3)c2)cc1. The van der Waals surface area contributed by atoms with E-state index in [4.69, 9.17) is 32.5 Å². The summed E-state index contributed by atoms with van der Waals surface area (Å²) in [4.78, 5) is 0. The number of benzene rings is 3. The predicted molar refractivity (Wildman–Crippen MR) is 103 cm³/mol. The third kappa shape index (κ3) is 4.97. The van der Waals surface area contributed by atoms with Crippen LogP contribution in [-0.2, 0) is 0 Å². The molecule has 3 aromatic rings. The van der Waals surface area contributed by atoms with Gasteiger partial charge >= 0.3 is 0 Å². The second kappa shape index (κ2) is 8.39. The largest absolute Gasteiger partial charge is 0.457 e. The molecular formula is C20H19ClN2O4. The molecule has 0 aromatic heterocycles. The van der Waals surface area contributed by atoms with Crippen molar-refractivity contribution in [1.82, 2.24) is 0 Å². The molecule has 0 heterocycles. The van der Waals surface area contributed by atoms with Crippen molar-refractivity contribution < 1.29 is 19.7 Å². The lowest BCUT2D eigenvalue weighted by atomic mass is 10.2. The fourth-order valence-electron chi connectivity index (χ4n) is 2.35. The molecule has 2 atom stereocenters. The minimum atomic E-state index is -1.04. The molecular weight excluding hydrogens is 368 g/mol. The number of aliphatic hydroxyl groups excluding tert-OH is 2. The minimum absolute atomic E-state index is 0.421. The van der Waals surface area contributed by atoms with E-state index in [1.807, 2.05) is 0 Å². The monoisotopic (exact) mass is 386 g/mol. The first kappa shape index (κ1) is 19.2. The van der Waals surface area contributed by atoms with Gasteiger partial charge in [0.15, 0.2) is 0 Å².